The predicted molar refractivity (Wildman–Crippen MR) is 128 cm³/mol. The molecule has 1 aromatic heterocycles. The minimum Gasteiger partial charge on any atom is -0.446 e. The fraction of sp³-hybridized carbons (Fsp3) is 0.346. The van der Waals surface area contributed by atoms with Crippen LogP contribution in [-0.4, -0.2) is 65.4 Å². The Labute approximate surface area is 207 Å². The van der Waals surface area contributed by atoms with Gasteiger partial charge in [-0.2, -0.15) is 0 Å². The van der Waals surface area contributed by atoms with Gasteiger partial charge in [0.1, 0.15) is 24.2 Å². The number of carbonyl (C=O) groups excluding carboxylic acids is 4. The molecule has 3 aromatic rings. The van der Waals surface area contributed by atoms with Crippen LogP contribution in [0.5, 0.6) is 0 Å². The summed E-state index contributed by atoms with van der Waals surface area (Å²) in [6, 6.07) is 14.2. The van der Waals surface area contributed by atoms with E-state index in [-0.39, 0.29) is 31.0 Å². The first-order valence-electron chi connectivity index (χ1n) is 11.9. The van der Waals surface area contributed by atoms with E-state index < -0.39 is 23.8 Å². The number of ether oxygens (including phenoxy) is 1. The minimum atomic E-state index is -0.712. The summed E-state index contributed by atoms with van der Waals surface area (Å²) in [5.41, 5.74) is 3.37. The van der Waals surface area contributed by atoms with Crippen LogP contribution in [-0.2, 0) is 27.2 Å². The lowest BCUT2D eigenvalue weighted by Crippen LogP contribution is -2.49. The number of hydrogen-bond acceptors (Lipinski definition) is 7. The number of ketones is 1. The first-order chi connectivity index (χ1) is 17.5. The molecule has 2 heterocycles. The van der Waals surface area contributed by atoms with Crippen LogP contribution in [0.3, 0.4) is 0 Å². The van der Waals surface area contributed by atoms with Gasteiger partial charge in [0.15, 0.2) is 5.58 Å². The van der Waals surface area contributed by atoms with Gasteiger partial charge in [-0.1, -0.05) is 36.4 Å². The van der Waals surface area contributed by atoms with E-state index in [9.17, 15) is 19.2 Å². The van der Waals surface area contributed by atoms with Crippen molar-refractivity contribution in [3.05, 3.63) is 65.5 Å². The first-order valence-corrected chi connectivity index (χ1v) is 11.9. The molecule has 5 rings (SSSR count). The molecule has 0 bridgehead atoms. The third kappa shape index (κ3) is 5.07. The van der Waals surface area contributed by atoms with Crippen LogP contribution in [0.15, 0.2) is 52.9 Å². The summed E-state index contributed by atoms with van der Waals surface area (Å²) < 4.78 is 10.9. The highest BCUT2D eigenvalue weighted by molar-refractivity contribution is 5.98. The number of rotatable bonds is 7. The predicted octanol–water partition coefficient (Wildman–Crippen LogP) is 2.01. The molecule has 0 saturated carbocycles. The molecule has 1 atom stereocenters. The second-order valence-corrected chi connectivity index (χ2v) is 8.93. The van der Waals surface area contributed by atoms with Gasteiger partial charge in [0.2, 0.25) is 17.6 Å². The summed E-state index contributed by atoms with van der Waals surface area (Å²) in [5.74, 6) is -1.36. The lowest BCUT2D eigenvalue weighted by Gasteiger charge is -2.24. The highest BCUT2D eigenvalue weighted by atomic mass is 16.6. The van der Waals surface area contributed by atoms with E-state index in [1.807, 2.05) is 24.3 Å². The van der Waals surface area contributed by atoms with Crippen molar-refractivity contribution in [1.29, 1.82) is 0 Å². The van der Waals surface area contributed by atoms with E-state index in [1.165, 1.54) is 4.90 Å². The van der Waals surface area contributed by atoms with Crippen molar-refractivity contribution in [1.82, 2.24) is 20.5 Å². The zero-order valence-electron chi connectivity index (χ0n) is 19.6. The standard InChI is InChI=1S/C26H26N4O6/c31-21(25-29-19-8-3-4-10-22(19)36-25)14-27-24(33)20-9-5-11-30(20)23(32)15-28-26(34)35-18-12-16-6-1-2-7-17(16)13-18/h1-4,6-8,10,18,20H,5,9,11-15H2,(H,27,33)(H,28,34). The Hall–Kier alpha value is -4.21. The molecule has 2 aliphatic rings. The van der Waals surface area contributed by atoms with Crippen LogP contribution in [0.4, 0.5) is 4.79 Å². The topological polar surface area (TPSA) is 131 Å². The summed E-state index contributed by atoms with van der Waals surface area (Å²) in [6.45, 7) is -0.173. The molecule has 1 aliphatic carbocycles. The Morgan fingerprint density at radius 1 is 0.972 bits per heavy atom. The van der Waals surface area contributed by atoms with Crippen molar-refractivity contribution in [2.45, 2.75) is 37.8 Å². The van der Waals surface area contributed by atoms with Crippen LogP contribution in [0.2, 0.25) is 0 Å². The zero-order chi connectivity index (χ0) is 25.1. The van der Waals surface area contributed by atoms with Gasteiger partial charge >= 0.3 is 6.09 Å². The smallest absolute Gasteiger partial charge is 0.407 e. The first kappa shape index (κ1) is 23.5. The highest BCUT2D eigenvalue weighted by Crippen LogP contribution is 2.24. The summed E-state index contributed by atoms with van der Waals surface area (Å²) in [4.78, 5) is 55.7. The number of Topliss-reactive ketones (excluding diaryl/α,β-unsaturated/α-hetero) is 1. The number of alkyl carbamates (subject to hydrolysis) is 1. The van der Waals surface area contributed by atoms with Crippen LogP contribution in [0.25, 0.3) is 11.1 Å². The summed E-state index contributed by atoms with van der Waals surface area (Å²) in [6.07, 6.45) is 1.49. The van der Waals surface area contributed by atoms with Gasteiger partial charge in [-0.15, -0.1) is 0 Å². The van der Waals surface area contributed by atoms with E-state index in [0.29, 0.717) is 43.3 Å². The average Bonchev–Trinajstić information content (AvgIpc) is 3.63. The number of oxazole rings is 1. The molecule has 1 unspecified atom stereocenters. The van der Waals surface area contributed by atoms with Gasteiger partial charge in [0, 0.05) is 19.4 Å². The van der Waals surface area contributed by atoms with Crippen molar-refractivity contribution in [2.75, 3.05) is 19.6 Å². The zero-order valence-corrected chi connectivity index (χ0v) is 19.6. The Bertz CT molecular complexity index is 1260. The summed E-state index contributed by atoms with van der Waals surface area (Å²) in [7, 11) is 0. The van der Waals surface area contributed by atoms with E-state index in [2.05, 4.69) is 15.6 Å². The number of nitrogens with zero attached hydrogens (tertiary/aromatic N) is 2. The largest absolute Gasteiger partial charge is 0.446 e. The monoisotopic (exact) mass is 490 g/mol. The van der Waals surface area contributed by atoms with Crippen molar-refractivity contribution in [3.63, 3.8) is 0 Å². The molecule has 10 nitrogen and oxygen atoms in total. The average molecular weight is 491 g/mol. The molecule has 2 aromatic carbocycles. The Balaban J connectivity index is 1.08. The van der Waals surface area contributed by atoms with Gasteiger partial charge < -0.3 is 24.7 Å². The molecule has 3 amide bonds. The Morgan fingerprint density at radius 3 is 2.44 bits per heavy atom. The lowest BCUT2D eigenvalue weighted by atomic mass is 10.1. The van der Waals surface area contributed by atoms with Crippen molar-refractivity contribution in [2.24, 2.45) is 0 Å². The molecule has 0 radical (unpaired) electrons. The van der Waals surface area contributed by atoms with Gasteiger partial charge in [-0.3, -0.25) is 14.4 Å². The molecule has 1 fully saturated rings. The van der Waals surface area contributed by atoms with E-state index in [1.54, 1.807) is 24.3 Å². The third-order valence-corrected chi connectivity index (χ3v) is 6.50. The summed E-state index contributed by atoms with van der Waals surface area (Å²) in [5, 5.41) is 5.08. The number of amides is 3. The van der Waals surface area contributed by atoms with Crippen LogP contribution >= 0.6 is 0 Å². The number of para-hydroxylation sites is 2. The molecule has 2 N–H and O–H groups in total. The molecular weight excluding hydrogens is 464 g/mol. The number of fused-ring (bicyclic) bond motifs is 2. The van der Waals surface area contributed by atoms with Gasteiger partial charge in [-0.05, 0) is 36.1 Å². The van der Waals surface area contributed by atoms with E-state index in [0.717, 1.165) is 11.1 Å². The van der Waals surface area contributed by atoms with Gasteiger partial charge in [-0.25, -0.2) is 9.78 Å². The van der Waals surface area contributed by atoms with Gasteiger partial charge in [0.05, 0.1) is 6.54 Å². The molecule has 0 spiro atoms. The minimum absolute atomic E-state index is 0.0797. The normalized spacial score (nSPS) is 17.1. The highest BCUT2D eigenvalue weighted by Gasteiger charge is 2.34. The van der Waals surface area contributed by atoms with Crippen molar-refractivity contribution < 1.29 is 28.3 Å². The maximum Gasteiger partial charge on any atom is 0.407 e. The van der Waals surface area contributed by atoms with Gasteiger partial charge in [0.25, 0.3) is 5.89 Å². The quantitative estimate of drug-likeness (QED) is 0.485. The molecule has 1 saturated heterocycles. The maximum atomic E-state index is 12.7. The number of likely N-dealkylation sites (tertiary alicyclic amines) is 1. The van der Waals surface area contributed by atoms with Crippen LogP contribution in [0, 0.1) is 0 Å². The number of aromatic nitrogens is 1. The van der Waals surface area contributed by atoms with Crippen molar-refractivity contribution in [3.8, 4) is 0 Å². The third-order valence-electron chi connectivity index (χ3n) is 6.50. The fourth-order valence-electron chi connectivity index (χ4n) is 4.73. The number of hydrogen-bond donors (Lipinski definition) is 2. The number of nitrogens with one attached hydrogen (secondary N) is 2. The molecule has 186 valence electrons. The van der Waals surface area contributed by atoms with E-state index in [4.69, 9.17) is 9.15 Å². The Morgan fingerprint density at radius 2 is 1.69 bits per heavy atom. The van der Waals surface area contributed by atoms with Crippen LogP contribution < -0.4 is 10.6 Å². The molecular formula is C26H26N4O6. The molecule has 36 heavy (non-hydrogen) atoms. The van der Waals surface area contributed by atoms with Crippen molar-refractivity contribution >= 4 is 34.8 Å². The molecule has 1 aliphatic heterocycles. The lowest BCUT2D eigenvalue weighted by molar-refractivity contribution is -0.137. The number of benzene rings is 2. The molecule has 10 heteroatoms. The fourth-order valence-corrected chi connectivity index (χ4v) is 4.73. The SMILES string of the molecule is O=C(NCC(=O)N1CCCC1C(=O)NCC(=O)c1nc2ccccc2o1)OC1Cc2ccccc2C1. The number of carbonyl (C=O) groups is 4. The van der Waals surface area contributed by atoms with E-state index >= 15 is 0 Å². The van der Waals surface area contributed by atoms with Crippen LogP contribution in [0.1, 0.15) is 34.7 Å². The second kappa shape index (κ2) is 10.2. The summed E-state index contributed by atoms with van der Waals surface area (Å²) >= 11 is 0. The second-order valence-electron chi connectivity index (χ2n) is 8.93. The maximum absolute atomic E-state index is 12.7. The Kier molecular flexibility index (Phi) is 6.66.